The van der Waals surface area contributed by atoms with Crippen molar-refractivity contribution in [3.8, 4) is 11.5 Å². The minimum atomic E-state index is -1.02. The smallest absolute Gasteiger partial charge is 0.338 e. The molecule has 0 fully saturated rings. The molecule has 5 heteroatoms. The monoisotopic (exact) mass is 248 g/mol. The third kappa shape index (κ3) is 2.82. The summed E-state index contributed by atoms with van der Waals surface area (Å²) in [5, 5.41) is 8.73. The number of benzene rings is 1. The number of ether oxygens (including phenoxy) is 2. The molecule has 0 radical (unpaired) electrons. The average molecular weight is 248 g/mol. The molecule has 0 spiro atoms. The number of rotatable bonds is 5. The van der Waals surface area contributed by atoms with Crippen LogP contribution in [0, 0.1) is 0 Å². The van der Waals surface area contributed by atoms with Gasteiger partial charge in [0.1, 0.15) is 30.1 Å². The van der Waals surface area contributed by atoms with E-state index in [0.29, 0.717) is 11.5 Å². The highest BCUT2D eigenvalue weighted by Gasteiger charge is 2.08. The van der Waals surface area contributed by atoms with Gasteiger partial charge in [0.2, 0.25) is 0 Å². The molecule has 94 valence electrons. The Labute approximate surface area is 104 Å². The van der Waals surface area contributed by atoms with Crippen molar-refractivity contribution in [3.05, 3.63) is 47.9 Å². The summed E-state index contributed by atoms with van der Waals surface area (Å²) in [7, 11) is 1.59. The summed E-state index contributed by atoms with van der Waals surface area (Å²) in [6.07, 6.45) is 1.19. The summed E-state index contributed by atoms with van der Waals surface area (Å²) in [5.74, 6) is 0.843. The molecular formula is C13H12O5. The first-order valence-electron chi connectivity index (χ1n) is 5.26. The minimum absolute atomic E-state index is 0.114. The van der Waals surface area contributed by atoms with Gasteiger partial charge in [-0.15, -0.1) is 0 Å². The predicted octanol–water partition coefficient (Wildman–Crippen LogP) is 2.57. The van der Waals surface area contributed by atoms with E-state index in [1.54, 1.807) is 31.4 Å². The molecule has 1 heterocycles. The van der Waals surface area contributed by atoms with Gasteiger partial charge >= 0.3 is 5.97 Å². The van der Waals surface area contributed by atoms with Gasteiger partial charge in [-0.05, 0) is 30.3 Å². The number of hydrogen-bond donors (Lipinski definition) is 1. The van der Waals surface area contributed by atoms with Crippen LogP contribution < -0.4 is 9.47 Å². The maximum Gasteiger partial charge on any atom is 0.338 e. The van der Waals surface area contributed by atoms with E-state index in [4.69, 9.17) is 19.0 Å². The molecule has 0 aliphatic carbocycles. The van der Waals surface area contributed by atoms with Crippen molar-refractivity contribution in [1.82, 2.24) is 0 Å². The van der Waals surface area contributed by atoms with E-state index in [-0.39, 0.29) is 12.2 Å². The Morgan fingerprint density at radius 2 is 1.94 bits per heavy atom. The number of methoxy groups -OCH3 is 1. The summed E-state index contributed by atoms with van der Waals surface area (Å²) in [6.45, 7) is 0.180. The van der Waals surface area contributed by atoms with Crippen LogP contribution in [0.1, 0.15) is 16.1 Å². The van der Waals surface area contributed by atoms with Gasteiger partial charge in [0.15, 0.2) is 0 Å². The summed E-state index contributed by atoms with van der Waals surface area (Å²) in [5.41, 5.74) is 0.114. The molecule has 0 atom stereocenters. The number of hydrogen-bond acceptors (Lipinski definition) is 4. The molecule has 1 aromatic heterocycles. The van der Waals surface area contributed by atoms with Crippen LogP contribution in [-0.4, -0.2) is 18.2 Å². The van der Waals surface area contributed by atoms with Gasteiger partial charge in [-0.2, -0.15) is 0 Å². The fourth-order valence-corrected chi connectivity index (χ4v) is 1.39. The molecule has 0 saturated heterocycles. The highest BCUT2D eigenvalue weighted by Crippen LogP contribution is 2.18. The summed E-state index contributed by atoms with van der Waals surface area (Å²) in [4.78, 5) is 10.6. The second kappa shape index (κ2) is 5.27. The van der Waals surface area contributed by atoms with Gasteiger partial charge in [-0.1, -0.05) is 0 Å². The second-order valence-electron chi connectivity index (χ2n) is 3.57. The van der Waals surface area contributed by atoms with Gasteiger partial charge in [0, 0.05) is 0 Å². The first-order chi connectivity index (χ1) is 8.69. The van der Waals surface area contributed by atoms with Crippen LogP contribution in [0.25, 0.3) is 0 Å². The highest BCUT2D eigenvalue weighted by molar-refractivity contribution is 5.87. The quantitative estimate of drug-likeness (QED) is 0.880. The SMILES string of the molecule is COc1ccc(OCc2cc(C(=O)O)co2)cc1. The predicted molar refractivity (Wildman–Crippen MR) is 63.0 cm³/mol. The lowest BCUT2D eigenvalue weighted by Crippen LogP contribution is -1.95. The number of aromatic carboxylic acids is 1. The van der Waals surface area contributed by atoms with Crippen LogP contribution in [0.5, 0.6) is 11.5 Å². The molecule has 0 aliphatic rings. The Balaban J connectivity index is 1.95. The standard InChI is InChI=1S/C13H12O5/c1-16-10-2-4-11(5-3-10)18-8-12-6-9(7-17-12)13(14)15/h2-7H,8H2,1H3,(H,14,15). The van der Waals surface area contributed by atoms with Gasteiger partial charge in [-0.25, -0.2) is 4.79 Å². The molecule has 0 aliphatic heterocycles. The van der Waals surface area contributed by atoms with Gasteiger partial charge in [0.05, 0.1) is 12.7 Å². The maximum absolute atomic E-state index is 10.6. The molecule has 0 saturated carbocycles. The first-order valence-corrected chi connectivity index (χ1v) is 5.26. The number of carbonyl (C=O) groups is 1. The van der Waals surface area contributed by atoms with E-state index in [9.17, 15) is 4.79 Å². The van der Waals surface area contributed by atoms with Gasteiger partial charge in [-0.3, -0.25) is 0 Å². The Morgan fingerprint density at radius 3 is 2.50 bits per heavy atom. The summed E-state index contributed by atoms with van der Waals surface area (Å²) < 4.78 is 15.5. The topological polar surface area (TPSA) is 68.9 Å². The number of carboxylic acid groups (broad SMARTS) is 1. The molecule has 0 unspecified atom stereocenters. The zero-order valence-electron chi connectivity index (χ0n) is 9.75. The van der Waals surface area contributed by atoms with Crippen LogP contribution >= 0.6 is 0 Å². The highest BCUT2D eigenvalue weighted by atomic mass is 16.5. The number of carboxylic acids is 1. The molecule has 5 nitrogen and oxygen atoms in total. The lowest BCUT2D eigenvalue weighted by molar-refractivity contribution is 0.0696. The molecule has 2 rings (SSSR count). The average Bonchev–Trinajstić information content (AvgIpc) is 2.86. The molecule has 18 heavy (non-hydrogen) atoms. The fraction of sp³-hybridized carbons (Fsp3) is 0.154. The molecular weight excluding hydrogens is 236 g/mol. The first kappa shape index (κ1) is 12.0. The zero-order chi connectivity index (χ0) is 13.0. The van der Waals surface area contributed by atoms with E-state index in [1.807, 2.05) is 0 Å². The lowest BCUT2D eigenvalue weighted by Gasteiger charge is -2.04. The van der Waals surface area contributed by atoms with E-state index in [1.165, 1.54) is 12.3 Å². The lowest BCUT2D eigenvalue weighted by atomic mass is 10.3. The van der Waals surface area contributed by atoms with Crippen molar-refractivity contribution >= 4 is 5.97 Å². The van der Waals surface area contributed by atoms with Crippen molar-refractivity contribution in [3.63, 3.8) is 0 Å². The van der Waals surface area contributed by atoms with Gasteiger partial charge < -0.3 is 19.0 Å². The zero-order valence-corrected chi connectivity index (χ0v) is 9.75. The second-order valence-corrected chi connectivity index (χ2v) is 3.57. The Bertz CT molecular complexity index is 527. The van der Waals surface area contributed by atoms with Crippen molar-refractivity contribution < 1.29 is 23.8 Å². The van der Waals surface area contributed by atoms with E-state index < -0.39 is 5.97 Å². The third-order valence-corrected chi connectivity index (χ3v) is 2.34. The van der Waals surface area contributed by atoms with E-state index in [0.717, 1.165) is 5.75 Å². The molecule has 0 amide bonds. The third-order valence-electron chi connectivity index (χ3n) is 2.34. The van der Waals surface area contributed by atoms with Crippen LogP contribution in [0.3, 0.4) is 0 Å². The maximum atomic E-state index is 10.6. The molecule has 0 bridgehead atoms. The van der Waals surface area contributed by atoms with Crippen LogP contribution in [0.2, 0.25) is 0 Å². The fourth-order valence-electron chi connectivity index (χ4n) is 1.39. The molecule has 1 aromatic carbocycles. The molecule has 1 N–H and O–H groups in total. The van der Waals surface area contributed by atoms with Crippen LogP contribution in [0.4, 0.5) is 0 Å². The Kier molecular flexibility index (Phi) is 3.52. The Morgan fingerprint density at radius 1 is 1.28 bits per heavy atom. The molecule has 2 aromatic rings. The van der Waals surface area contributed by atoms with Crippen LogP contribution in [-0.2, 0) is 6.61 Å². The van der Waals surface area contributed by atoms with Crippen molar-refractivity contribution in [1.29, 1.82) is 0 Å². The summed E-state index contributed by atoms with van der Waals surface area (Å²) >= 11 is 0. The van der Waals surface area contributed by atoms with E-state index >= 15 is 0 Å². The summed E-state index contributed by atoms with van der Waals surface area (Å²) in [6, 6.07) is 8.52. The van der Waals surface area contributed by atoms with Gasteiger partial charge in [0.25, 0.3) is 0 Å². The normalized spacial score (nSPS) is 10.1. The van der Waals surface area contributed by atoms with Crippen molar-refractivity contribution in [2.45, 2.75) is 6.61 Å². The van der Waals surface area contributed by atoms with Crippen LogP contribution in [0.15, 0.2) is 41.0 Å². The van der Waals surface area contributed by atoms with E-state index in [2.05, 4.69) is 0 Å². The largest absolute Gasteiger partial charge is 0.497 e. The van der Waals surface area contributed by atoms with Crippen molar-refractivity contribution in [2.75, 3.05) is 7.11 Å². The minimum Gasteiger partial charge on any atom is -0.497 e. The number of furan rings is 1. The Hall–Kier alpha value is -2.43. The van der Waals surface area contributed by atoms with Crippen molar-refractivity contribution in [2.24, 2.45) is 0 Å².